The lowest BCUT2D eigenvalue weighted by molar-refractivity contribution is 1.48. The fourth-order valence-electron chi connectivity index (χ4n) is 0.919. The first-order chi connectivity index (χ1) is 7.81. The van der Waals surface area contributed by atoms with Gasteiger partial charge in [-0.15, -0.1) is 23.2 Å². The third kappa shape index (κ3) is 11.1. The Morgan fingerprint density at radius 3 is 1.12 bits per heavy atom. The van der Waals surface area contributed by atoms with Crippen molar-refractivity contribution < 1.29 is 0 Å². The Morgan fingerprint density at radius 2 is 0.938 bits per heavy atom. The van der Waals surface area contributed by atoms with Crippen LogP contribution in [0.4, 0.5) is 0 Å². The number of hydrogen-bond donors (Lipinski definition) is 0. The van der Waals surface area contributed by atoms with Gasteiger partial charge in [0, 0.05) is 0 Å². The zero-order chi connectivity index (χ0) is 12.1. The first kappa shape index (κ1) is 15.0. The highest BCUT2D eigenvalue weighted by Gasteiger charge is 1.72. The highest BCUT2D eigenvalue weighted by atomic mass is 35.5. The van der Waals surface area contributed by atoms with E-state index < -0.39 is 0 Å². The lowest BCUT2D eigenvalue weighted by Gasteiger charge is -1.82. The summed E-state index contributed by atoms with van der Waals surface area (Å²) in [6, 6.07) is 22.3. The maximum absolute atomic E-state index is 4.76. The van der Waals surface area contributed by atoms with E-state index in [0.29, 0.717) is 0 Å². The van der Waals surface area contributed by atoms with E-state index >= 15 is 0 Å². The molecule has 0 heterocycles. The van der Waals surface area contributed by atoms with Crippen LogP contribution >= 0.6 is 23.2 Å². The van der Waals surface area contributed by atoms with Gasteiger partial charge in [0.2, 0.25) is 0 Å². The third-order valence-corrected chi connectivity index (χ3v) is 1.61. The summed E-state index contributed by atoms with van der Waals surface area (Å²) in [5, 5.41) is 0.194. The Kier molecular flexibility index (Phi) is 11.4. The quantitative estimate of drug-likeness (QED) is 0.574. The van der Waals surface area contributed by atoms with Crippen LogP contribution in [0.2, 0.25) is 0 Å². The molecule has 0 saturated carbocycles. The van der Waals surface area contributed by atoms with Gasteiger partial charge in [-0.1, -0.05) is 72.3 Å². The number of benzene rings is 2. The molecule has 0 spiro atoms. The van der Waals surface area contributed by atoms with E-state index in [-0.39, 0.29) is 5.34 Å². The van der Waals surface area contributed by atoms with Crippen molar-refractivity contribution >= 4 is 23.2 Å². The van der Waals surface area contributed by atoms with E-state index in [9.17, 15) is 0 Å². The number of halogens is 2. The Labute approximate surface area is 108 Å². The van der Waals surface area contributed by atoms with Gasteiger partial charge in [-0.3, -0.25) is 0 Å². The van der Waals surface area contributed by atoms with Gasteiger partial charge >= 0.3 is 0 Å². The van der Waals surface area contributed by atoms with Crippen molar-refractivity contribution in [1.82, 2.24) is 0 Å². The second-order valence-electron chi connectivity index (χ2n) is 2.91. The number of hydrogen-bond acceptors (Lipinski definition) is 0. The summed E-state index contributed by atoms with van der Waals surface area (Å²) >= 11 is 9.53. The van der Waals surface area contributed by atoms with E-state index in [2.05, 4.69) is 19.1 Å². The summed E-state index contributed by atoms with van der Waals surface area (Å²) in [5.74, 6) is 0. The Balaban J connectivity index is 0.000000230. The Hall–Kier alpha value is -0.980. The van der Waals surface area contributed by atoms with Crippen molar-refractivity contribution in [3.8, 4) is 0 Å². The predicted octanol–water partition coefficient (Wildman–Crippen LogP) is 5.10. The molecule has 0 radical (unpaired) electrons. The van der Waals surface area contributed by atoms with Gasteiger partial charge in [-0.05, 0) is 6.92 Å². The molecule has 0 amide bonds. The molecule has 2 heteroatoms. The standard InChI is InChI=1S/C7H8.C6H6.CH2Cl2/c1-7-5-3-2-4-6-7;1-2-4-6-5-3-1;2-1-3/h2-6H,1H3;1-6H;1H2. The highest BCUT2D eigenvalue weighted by molar-refractivity contribution is 6.40. The zero-order valence-electron chi connectivity index (χ0n) is 9.31. The minimum absolute atomic E-state index is 0.194. The monoisotopic (exact) mass is 254 g/mol. The van der Waals surface area contributed by atoms with E-state index in [4.69, 9.17) is 23.2 Å². The van der Waals surface area contributed by atoms with Gasteiger partial charge in [0.05, 0.1) is 5.34 Å². The molecule has 0 nitrogen and oxygen atoms in total. The SMILES string of the molecule is Cc1ccccc1.ClCCl.c1ccccc1. The van der Waals surface area contributed by atoms with Gasteiger partial charge < -0.3 is 0 Å². The van der Waals surface area contributed by atoms with Crippen LogP contribution in [-0.4, -0.2) is 5.34 Å². The van der Waals surface area contributed by atoms with Gasteiger partial charge in [0.25, 0.3) is 0 Å². The third-order valence-electron chi connectivity index (χ3n) is 1.61. The Bertz CT molecular complexity index is 292. The van der Waals surface area contributed by atoms with Crippen molar-refractivity contribution in [2.75, 3.05) is 5.34 Å². The van der Waals surface area contributed by atoms with Crippen LogP contribution in [0.1, 0.15) is 5.56 Å². The zero-order valence-corrected chi connectivity index (χ0v) is 10.8. The number of alkyl halides is 2. The predicted molar refractivity (Wildman–Crippen MR) is 74.2 cm³/mol. The summed E-state index contributed by atoms with van der Waals surface area (Å²) in [6.07, 6.45) is 0. The van der Waals surface area contributed by atoms with Crippen molar-refractivity contribution in [2.24, 2.45) is 0 Å². The molecule has 0 aliphatic rings. The van der Waals surface area contributed by atoms with Gasteiger partial charge in [-0.25, -0.2) is 0 Å². The van der Waals surface area contributed by atoms with E-state index in [1.807, 2.05) is 54.6 Å². The minimum Gasteiger partial charge on any atom is -0.109 e. The molecule has 0 bridgehead atoms. The second-order valence-corrected chi connectivity index (χ2v) is 3.72. The van der Waals surface area contributed by atoms with E-state index in [0.717, 1.165) is 0 Å². The summed E-state index contributed by atoms with van der Waals surface area (Å²) in [7, 11) is 0. The van der Waals surface area contributed by atoms with Crippen LogP contribution in [0.3, 0.4) is 0 Å². The minimum atomic E-state index is 0.194. The lowest BCUT2D eigenvalue weighted by atomic mass is 10.2. The van der Waals surface area contributed by atoms with E-state index in [1.54, 1.807) is 0 Å². The van der Waals surface area contributed by atoms with Crippen molar-refractivity contribution in [3.05, 3.63) is 72.3 Å². The molecule has 0 N–H and O–H groups in total. The Morgan fingerprint density at radius 1 is 0.688 bits per heavy atom. The molecule has 2 aromatic carbocycles. The molecular formula is C14H16Cl2. The molecule has 0 aliphatic carbocycles. The van der Waals surface area contributed by atoms with Crippen LogP contribution in [0.5, 0.6) is 0 Å². The normalized spacial score (nSPS) is 7.94. The fraction of sp³-hybridized carbons (Fsp3) is 0.143. The summed E-state index contributed by atoms with van der Waals surface area (Å²) in [4.78, 5) is 0. The van der Waals surface area contributed by atoms with E-state index in [1.165, 1.54) is 5.56 Å². The van der Waals surface area contributed by atoms with Gasteiger partial charge in [-0.2, -0.15) is 0 Å². The fourth-order valence-corrected chi connectivity index (χ4v) is 0.919. The molecule has 86 valence electrons. The average Bonchev–Trinajstić information content (AvgIpc) is 2.34. The molecule has 0 aromatic heterocycles. The van der Waals surface area contributed by atoms with Crippen molar-refractivity contribution in [3.63, 3.8) is 0 Å². The van der Waals surface area contributed by atoms with Crippen LogP contribution in [0.15, 0.2) is 66.7 Å². The molecule has 0 unspecified atom stereocenters. The smallest absolute Gasteiger partial charge is 0.0967 e. The number of aryl methyl sites for hydroxylation is 1. The van der Waals surface area contributed by atoms with Crippen LogP contribution in [0, 0.1) is 6.92 Å². The van der Waals surface area contributed by atoms with Gasteiger partial charge in [0.15, 0.2) is 0 Å². The molecule has 0 atom stereocenters. The average molecular weight is 255 g/mol. The van der Waals surface area contributed by atoms with Gasteiger partial charge in [0.1, 0.15) is 0 Å². The van der Waals surface area contributed by atoms with Crippen LogP contribution in [-0.2, 0) is 0 Å². The highest BCUT2D eigenvalue weighted by Crippen LogP contribution is 1.92. The summed E-state index contributed by atoms with van der Waals surface area (Å²) in [6.45, 7) is 2.08. The molecular weight excluding hydrogens is 239 g/mol. The molecule has 2 rings (SSSR count). The summed E-state index contributed by atoms with van der Waals surface area (Å²) in [5.41, 5.74) is 1.32. The maximum atomic E-state index is 4.76. The lowest BCUT2D eigenvalue weighted by Crippen LogP contribution is -1.62. The first-order valence-corrected chi connectivity index (χ1v) is 6.01. The van der Waals surface area contributed by atoms with Crippen LogP contribution < -0.4 is 0 Å². The van der Waals surface area contributed by atoms with Crippen LogP contribution in [0.25, 0.3) is 0 Å². The largest absolute Gasteiger partial charge is 0.109 e. The molecule has 0 aliphatic heterocycles. The molecule has 2 aromatic rings. The number of rotatable bonds is 0. The second kappa shape index (κ2) is 12.1. The summed E-state index contributed by atoms with van der Waals surface area (Å²) < 4.78 is 0. The van der Waals surface area contributed by atoms with Crippen molar-refractivity contribution in [2.45, 2.75) is 6.92 Å². The molecule has 0 fully saturated rings. The maximum Gasteiger partial charge on any atom is 0.0967 e. The molecule has 16 heavy (non-hydrogen) atoms. The topological polar surface area (TPSA) is 0 Å². The van der Waals surface area contributed by atoms with Crippen molar-refractivity contribution in [1.29, 1.82) is 0 Å². The first-order valence-electron chi connectivity index (χ1n) is 4.95. The molecule has 0 saturated heterocycles.